The summed E-state index contributed by atoms with van der Waals surface area (Å²) in [6.45, 7) is 0. The molecule has 0 aliphatic rings. The van der Waals surface area contributed by atoms with Crippen molar-refractivity contribution in [3.05, 3.63) is 76.1 Å². The largest absolute Gasteiger partial charge is 0.493 e. The molecule has 0 saturated carbocycles. The lowest BCUT2D eigenvalue weighted by atomic mass is 10.1. The fraction of sp³-hybridized carbons (Fsp3) is 0.111. The van der Waals surface area contributed by atoms with E-state index >= 15 is 0 Å². The number of hydrogen-bond donors (Lipinski definition) is 2. The van der Waals surface area contributed by atoms with Crippen LogP contribution < -0.4 is 15.0 Å². The van der Waals surface area contributed by atoms with Crippen molar-refractivity contribution in [1.82, 2.24) is 9.97 Å². The number of aromatic hydroxyl groups is 1. The number of rotatable bonds is 5. The monoisotopic (exact) mass is 342 g/mol. The lowest BCUT2D eigenvalue weighted by Crippen LogP contribution is -2.14. The number of para-hydroxylation sites is 2. The second-order valence-electron chi connectivity index (χ2n) is 5.22. The Morgan fingerprint density at radius 2 is 1.80 bits per heavy atom. The maximum Gasteiger partial charge on any atom is 0.298 e. The maximum atomic E-state index is 12.9. The third-order valence-corrected chi connectivity index (χ3v) is 3.47. The van der Waals surface area contributed by atoms with Crippen LogP contribution in [-0.4, -0.2) is 22.2 Å². The molecule has 0 fully saturated rings. The molecule has 6 nitrogen and oxygen atoms in total. The molecule has 3 rings (SSSR count). The Morgan fingerprint density at radius 3 is 2.44 bits per heavy atom. The first-order valence-corrected chi connectivity index (χ1v) is 7.44. The smallest absolute Gasteiger partial charge is 0.298 e. The fourth-order valence-electron chi connectivity index (χ4n) is 2.28. The van der Waals surface area contributed by atoms with Gasteiger partial charge in [0.25, 0.3) is 17.2 Å². The molecule has 25 heavy (non-hydrogen) atoms. The Kier molecular flexibility index (Phi) is 4.65. The highest BCUT2D eigenvalue weighted by molar-refractivity contribution is 5.44. The summed E-state index contributed by atoms with van der Waals surface area (Å²) in [7, 11) is 1.47. The summed E-state index contributed by atoms with van der Waals surface area (Å²) >= 11 is 0. The van der Waals surface area contributed by atoms with Gasteiger partial charge in [0.15, 0.2) is 11.5 Å². The van der Waals surface area contributed by atoms with E-state index in [4.69, 9.17) is 9.47 Å². The number of halogens is 1. The number of methoxy groups -OCH3 is 1. The summed E-state index contributed by atoms with van der Waals surface area (Å²) in [5.41, 5.74) is 0.109. The quantitative estimate of drug-likeness (QED) is 0.745. The Morgan fingerprint density at radius 1 is 1.12 bits per heavy atom. The van der Waals surface area contributed by atoms with Crippen LogP contribution in [0.4, 0.5) is 4.39 Å². The zero-order chi connectivity index (χ0) is 17.8. The number of aromatic amines is 1. The number of ether oxygens (including phenoxy) is 2. The molecule has 0 spiro atoms. The number of aromatic nitrogens is 2. The molecular formula is C18H15FN2O4. The van der Waals surface area contributed by atoms with Gasteiger partial charge < -0.3 is 19.6 Å². The molecule has 1 heterocycles. The predicted octanol–water partition coefficient (Wildman–Crippen LogP) is 3.01. The van der Waals surface area contributed by atoms with Crippen molar-refractivity contribution in [3.63, 3.8) is 0 Å². The molecule has 128 valence electrons. The van der Waals surface area contributed by atoms with E-state index in [1.807, 2.05) is 0 Å². The van der Waals surface area contributed by atoms with Gasteiger partial charge in [-0.3, -0.25) is 4.79 Å². The lowest BCUT2D eigenvalue weighted by molar-refractivity contribution is 0.356. The second-order valence-corrected chi connectivity index (χ2v) is 5.22. The minimum atomic E-state index is -0.629. The molecule has 0 aliphatic carbocycles. The molecule has 2 aromatic carbocycles. The van der Waals surface area contributed by atoms with Crippen molar-refractivity contribution in [1.29, 1.82) is 0 Å². The molecule has 0 saturated heterocycles. The highest BCUT2D eigenvalue weighted by atomic mass is 19.1. The van der Waals surface area contributed by atoms with Gasteiger partial charge in [-0.2, -0.15) is 4.98 Å². The van der Waals surface area contributed by atoms with E-state index in [0.29, 0.717) is 5.75 Å². The normalized spacial score (nSPS) is 10.5. The first-order chi connectivity index (χ1) is 12.1. The SMILES string of the molecule is COc1ccccc1Oc1c(O)nc(Cc2ccc(F)cc2)[nH]c1=O. The van der Waals surface area contributed by atoms with Crippen molar-refractivity contribution in [2.24, 2.45) is 0 Å². The van der Waals surface area contributed by atoms with E-state index in [9.17, 15) is 14.3 Å². The highest BCUT2D eigenvalue weighted by Crippen LogP contribution is 2.32. The first-order valence-electron chi connectivity index (χ1n) is 7.44. The van der Waals surface area contributed by atoms with Crippen LogP contribution in [0.2, 0.25) is 0 Å². The summed E-state index contributed by atoms with van der Waals surface area (Å²) in [5, 5.41) is 10.1. The average Bonchev–Trinajstić information content (AvgIpc) is 2.60. The molecule has 0 aliphatic heterocycles. The maximum absolute atomic E-state index is 12.9. The standard InChI is InChI=1S/C18H15FN2O4/c1-24-13-4-2-3-5-14(13)25-16-17(22)20-15(21-18(16)23)10-11-6-8-12(19)9-7-11/h2-9H,10H2,1H3,(H2,20,21,22,23). The molecule has 0 radical (unpaired) electrons. The van der Waals surface area contributed by atoms with E-state index in [1.54, 1.807) is 36.4 Å². The van der Waals surface area contributed by atoms with Crippen LogP contribution in [0.1, 0.15) is 11.4 Å². The molecule has 1 aromatic heterocycles. The Bertz CT molecular complexity index is 939. The third kappa shape index (κ3) is 3.77. The van der Waals surface area contributed by atoms with Crippen molar-refractivity contribution >= 4 is 0 Å². The van der Waals surface area contributed by atoms with Crippen molar-refractivity contribution in [2.45, 2.75) is 6.42 Å². The van der Waals surface area contributed by atoms with Crippen LogP contribution in [0.25, 0.3) is 0 Å². The minimum absolute atomic E-state index is 0.234. The number of hydrogen-bond acceptors (Lipinski definition) is 5. The van der Waals surface area contributed by atoms with Crippen molar-refractivity contribution in [2.75, 3.05) is 7.11 Å². The Hall–Kier alpha value is -3.35. The molecule has 0 amide bonds. The van der Waals surface area contributed by atoms with Gasteiger partial charge in [0, 0.05) is 6.42 Å². The zero-order valence-electron chi connectivity index (χ0n) is 13.3. The first kappa shape index (κ1) is 16.5. The van der Waals surface area contributed by atoms with E-state index in [2.05, 4.69) is 9.97 Å². The number of H-pyrrole nitrogens is 1. The molecule has 0 atom stereocenters. The van der Waals surface area contributed by atoms with Crippen LogP contribution in [0.5, 0.6) is 23.1 Å². The molecule has 7 heteroatoms. The predicted molar refractivity (Wildman–Crippen MR) is 88.8 cm³/mol. The van der Waals surface area contributed by atoms with E-state index in [-0.39, 0.29) is 29.6 Å². The Balaban J connectivity index is 1.87. The van der Waals surface area contributed by atoms with E-state index < -0.39 is 11.4 Å². The van der Waals surface area contributed by atoms with Crippen LogP contribution in [0, 0.1) is 5.82 Å². The van der Waals surface area contributed by atoms with Crippen molar-refractivity contribution in [3.8, 4) is 23.1 Å². The fourth-order valence-corrected chi connectivity index (χ4v) is 2.28. The molecule has 0 bridgehead atoms. The third-order valence-electron chi connectivity index (χ3n) is 3.47. The van der Waals surface area contributed by atoms with Crippen LogP contribution in [-0.2, 0) is 6.42 Å². The zero-order valence-corrected chi connectivity index (χ0v) is 13.3. The van der Waals surface area contributed by atoms with Gasteiger partial charge in [-0.25, -0.2) is 4.39 Å². The van der Waals surface area contributed by atoms with Crippen molar-refractivity contribution < 1.29 is 19.0 Å². The van der Waals surface area contributed by atoms with Gasteiger partial charge in [-0.15, -0.1) is 0 Å². The molecular weight excluding hydrogens is 327 g/mol. The molecule has 0 unspecified atom stereocenters. The van der Waals surface area contributed by atoms with Crippen LogP contribution in [0.15, 0.2) is 53.3 Å². The van der Waals surface area contributed by atoms with Crippen LogP contribution in [0.3, 0.4) is 0 Å². The highest BCUT2D eigenvalue weighted by Gasteiger charge is 2.15. The number of nitrogens with zero attached hydrogens (tertiary/aromatic N) is 1. The number of nitrogens with one attached hydrogen (secondary N) is 1. The summed E-state index contributed by atoms with van der Waals surface area (Å²) in [6.07, 6.45) is 0.234. The van der Waals surface area contributed by atoms with Gasteiger partial charge >= 0.3 is 0 Å². The van der Waals surface area contributed by atoms with Gasteiger partial charge in [-0.1, -0.05) is 24.3 Å². The lowest BCUT2D eigenvalue weighted by Gasteiger charge is -2.10. The summed E-state index contributed by atoms with van der Waals surface area (Å²) in [4.78, 5) is 18.7. The van der Waals surface area contributed by atoms with E-state index in [0.717, 1.165) is 5.56 Å². The molecule has 2 N–H and O–H groups in total. The van der Waals surface area contributed by atoms with Gasteiger partial charge in [-0.05, 0) is 29.8 Å². The summed E-state index contributed by atoms with van der Waals surface area (Å²) in [5.74, 6) is -0.287. The van der Waals surface area contributed by atoms with Gasteiger partial charge in [0.05, 0.1) is 7.11 Å². The Labute approximate surface area is 142 Å². The summed E-state index contributed by atoms with van der Waals surface area (Å²) < 4.78 is 23.5. The van der Waals surface area contributed by atoms with E-state index in [1.165, 1.54) is 19.2 Å². The van der Waals surface area contributed by atoms with Crippen LogP contribution >= 0.6 is 0 Å². The summed E-state index contributed by atoms with van der Waals surface area (Å²) in [6, 6.07) is 12.5. The minimum Gasteiger partial charge on any atom is -0.493 e. The average molecular weight is 342 g/mol. The molecule has 3 aromatic rings. The van der Waals surface area contributed by atoms with Gasteiger partial charge in [0.1, 0.15) is 11.6 Å². The van der Waals surface area contributed by atoms with Gasteiger partial charge in [0.2, 0.25) is 0 Å². The number of benzene rings is 2. The topological polar surface area (TPSA) is 84.4 Å². The second kappa shape index (κ2) is 7.04.